The lowest BCUT2D eigenvalue weighted by Gasteiger charge is -2.34. The Bertz CT molecular complexity index is 266. The minimum absolute atomic E-state index is 0.366. The molecule has 0 heterocycles. The van der Waals surface area contributed by atoms with Crippen LogP contribution in [0.4, 0.5) is 39.9 Å². The van der Waals surface area contributed by atoms with Crippen LogP contribution in [0.1, 0.15) is 0 Å². The van der Waals surface area contributed by atoms with E-state index in [2.05, 4.69) is 9.47 Å². The summed E-state index contributed by atoms with van der Waals surface area (Å²) in [5, 5.41) is 0. The maximum atomic E-state index is 12.1. The van der Waals surface area contributed by atoms with Gasteiger partial charge in [0.1, 0.15) is 0 Å². The molecule has 0 aromatic carbocycles. The van der Waals surface area contributed by atoms with E-state index >= 15 is 0 Å². The molecule has 0 aromatic heterocycles. The quantitative estimate of drug-likeness (QED) is 0.574. The lowest BCUT2D eigenvalue weighted by atomic mass is 10.0. The van der Waals surface area contributed by atoms with Crippen LogP contribution in [0.3, 0.4) is 0 Å². The van der Waals surface area contributed by atoms with E-state index in [1.165, 1.54) is 0 Å². The highest BCUT2D eigenvalue weighted by Crippen LogP contribution is 2.49. The fourth-order valence-corrected chi connectivity index (χ4v) is 0.742. The van der Waals surface area contributed by atoms with Crippen LogP contribution >= 0.6 is 0 Å². The second-order valence-corrected chi connectivity index (χ2v) is 2.59. The van der Waals surface area contributed by atoms with Gasteiger partial charge in [0.15, 0.2) is 0 Å². The van der Waals surface area contributed by atoms with Crippen LogP contribution in [0, 0.1) is 0 Å². The van der Waals surface area contributed by atoms with Crippen LogP contribution in [-0.4, -0.2) is 37.6 Å². The molecule has 0 aromatic rings. The van der Waals surface area contributed by atoms with Crippen molar-refractivity contribution in [3.05, 3.63) is 0 Å². The molecule has 11 heteroatoms. The van der Waals surface area contributed by atoms with Crippen LogP contribution < -0.4 is 0 Å². The Kier molecular flexibility index (Phi) is 4.18. The summed E-state index contributed by atoms with van der Waals surface area (Å²) in [6.07, 6.45) is -20.7. The summed E-state index contributed by atoms with van der Waals surface area (Å²) in [4.78, 5) is 10.2. The number of carbonyl (C=O) groups is 1. The minimum Gasteiger partial charge on any atom is -0.438 e. The molecule has 0 rings (SSSR count). The fourth-order valence-electron chi connectivity index (χ4n) is 0.742. The molecule has 0 unspecified atom stereocenters. The van der Waals surface area contributed by atoms with Gasteiger partial charge in [-0.3, -0.25) is 0 Å². The van der Waals surface area contributed by atoms with E-state index in [-0.39, 0.29) is 0 Å². The fraction of sp³-hybridized carbons (Fsp3) is 0.833. The van der Waals surface area contributed by atoms with Crippen molar-refractivity contribution in [2.24, 2.45) is 0 Å². The lowest BCUT2D eigenvalue weighted by Crippen LogP contribution is -2.64. The number of ether oxygens (including phenoxy) is 2. The summed E-state index contributed by atoms with van der Waals surface area (Å²) in [7, 11) is 0.366. The first kappa shape index (κ1) is 15.7. The van der Waals surface area contributed by atoms with E-state index in [0.29, 0.717) is 7.11 Å². The van der Waals surface area contributed by atoms with Gasteiger partial charge >= 0.3 is 24.1 Å². The van der Waals surface area contributed by atoms with Gasteiger partial charge in [0.05, 0.1) is 7.11 Å². The van der Waals surface area contributed by atoms with Crippen molar-refractivity contribution in [2.45, 2.75) is 24.4 Å². The Balaban J connectivity index is 5.69. The average Bonchev–Trinajstić information content (AvgIpc) is 2.08. The first-order chi connectivity index (χ1) is 7.40. The lowest BCUT2D eigenvalue weighted by molar-refractivity contribution is -0.396. The Morgan fingerprint density at radius 2 is 1.35 bits per heavy atom. The number of alkyl halides is 8. The highest BCUT2D eigenvalue weighted by Gasteiger charge is 2.80. The molecule has 17 heavy (non-hydrogen) atoms. The van der Waals surface area contributed by atoms with E-state index in [1.54, 1.807) is 0 Å². The van der Waals surface area contributed by atoms with Crippen LogP contribution in [0.25, 0.3) is 0 Å². The van der Waals surface area contributed by atoms with Gasteiger partial charge in [0.2, 0.25) is 0 Å². The zero-order valence-electron chi connectivity index (χ0n) is 7.83. The van der Waals surface area contributed by atoms with Crippen molar-refractivity contribution in [1.82, 2.24) is 0 Å². The van der Waals surface area contributed by atoms with Crippen molar-refractivity contribution in [3.8, 4) is 0 Å². The molecule has 0 atom stereocenters. The molecule has 0 fully saturated rings. The van der Waals surface area contributed by atoms with Gasteiger partial charge in [-0.1, -0.05) is 0 Å². The maximum Gasteiger partial charge on any atom is 0.509 e. The summed E-state index contributed by atoms with van der Waals surface area (Å²) < 4.78 is 103. The normalized spacial score (nSPS) is 13.8. The van der Waals surface area contributed by atoms with Crippen LogP contribution in [0.2, 0.25) is 0 Å². The second kappa shape index (κ2) is 4.53. The first-order valence-electron chi connectivity index (χ1n) is 3.58. The van der Waals surface area contributed by atoms with E-state index < -0.39 is 30.5 Å². The SMILES string of the molecule is COC(=O)OC(C(F)F)(C(F)(F)F)C(F)(F)F. The van der Waals surface area contributed by atoms with Crippen molar-refractivity contribution in [1.29, 1.82) is 0 Å². The molecule has 0 amide bonds. The highest BCUT2D eigenvalue weighted by molar-refractivity contribution is 5.60. The zero-order valence-corrected chi connectivity index (χ0v) is 7.83. The minimum atomic E-state index is -6.55. The molecule has 0 saturated carbocycles. The van der Waals surface area contributed by atoms with E-state index in [0.717, 1.165) is 0 Å². The Morgan fingerprint density at radius 3 is 1.53 bits per heavy atom. The molecule has 0 radical (unpaired) electrons. The standard InChI is InChI=1S/C6H4F8O3/c1-16-3(15)17-4(2(7)8,5(9,10)11)6(12,13)14/h2H,1H3. The predicted molar refractivity (Wildman–Crippen MR) is 34.3 cm³/mol. The predicted octanol–water partition coefficient (Wildman–Crippen LogP) is 2.90. The Hall–Kier alpha value is -1.29. The number of hydrogen-bond acceptors (Lipinski definition) is 3. The molecular weight excluding hydrogens is 272 g/mol. The summed E-state index contributed by atoms with van der Waals surface area (Å²) in [5.41, 5.74) is -5.91. The van der Waals surface area contributed by atoms with Gasteiger partial charge in [-0.25, -0.2) is 13.6 Å². The first-order valence-corrected chi connectivity index (χ1v) is 3.58. The largest absolute Gasteiger partial charge is 0.509 e. The molecule has 0 aliphatic rings. The Labute approximate surface area is 88.3 Å². The number of halogens is 8. The molecule has 0 saturated heterocycles. The van der Waals surface area contributed by atoms with Gasteiger partial charge in [0.25, 0.3) is 6.43 Å². The highest BCUT2D eigenvalue weighted by atomic mass is 19.4. The monoisotopic (exact) mass is 276 g/mol. The summed E-state index contributed by atoms with van der Waals surface area (Å²) in [6.45, 7) is 0. The van der Waals surface area contributed by atoms with Gasteiger partial charge in [-0.05, 0) is 0 Å². The van der Waals surface area contributed by atoms with E-state index in [4.69, 9.17) is 0 Å². The molecule has 0 spiro atoms. The number of hydrogen-bond donors (Lipinski definition) is 0. The number of carbonyl (C=O) groups excluding carboxylic acids is 1. The van der Waals surface area contributed by atoms with Gasteiger partial charge in [0, 0.05) is 0 Å². The summed E-state index contributed by atoms with van der Waals surface area (Å²) >= 11 is 0. The molecule has 0 aliphatic carbocycles. The third kappa shape index (κ3) is 2.69. The topological polar surface area (TPSA) is 35.5 Å². The van der Waals surface area contributed by atoms with Crippen LogP contribution in [0.5, 0.6) is 0 Å². The van der Waals surface area contributed by atoms with Crippen molar-refractivity contribution in [3.63, 3.8) is 0 Å². The summed E-state index contributed by atoms with van der Waals surface area (Å²) in [5.74, 6) is 0. The van der Waals surface area contributed by atoms with Gasteiger partial charge in [-0.2, -0.15) is 26.3 Å². The molecular formula is C6H4F8O3. The van der Waals surface area contributed by atoms with Gasteiger partial charge in [-0.15, -0.1) is 0 Å². The molecule has 0 N–H and O–H groups in total. The molecule has 3 nitrogen and oxygen atoms in total. The molecule has 0 aliphatic heterocycles. The Morgan fingerprint density at radius 1 is 1.00 bits per heavy atom. The number of rotatable bonds is 2. The van der Waals surface area contributed by atoms with E-state index in [1.807, 2.05) is 0 Å². The summed E-state index contributed by atoms with van der Waals surface area (Å²) in [6, 6.07) is 0. The van der Waals surface area contributed by atoms with Crippen LogP contribution in [-0.2, 0) is 9.47 Å². The van der Waals surface area contributed by atoms with Crippen LogP contribution in [0.15, 0.2) is 0 Å². The smallest absolute Gasteiger partial charge is 0.438 e. The van der Waals surface area contributed by atoms with Gasteiger partial charge < -0.3 is 9.47 Å². The third-order valence-corrected chi connectivity index (χ3v) is 1.56. The van der Waals surface area contributed by atoms with Crippen molar-refractivity contribution in [2.75, 3.05) is 7.11 Å². The average molecular weight is 276 g/mol. The molecule has 102 valence electrons. The number of methoxy groups -OCH3 is 1. The zero-order chi connectivity index (χ0) is 14.1. The molecule has 0 bridgehead atoms. The van der Waals surface area contributed by atoms with Crippen molar-refractivity contribution >= 4 is 6.16 Å². The van der Waals surface area contributed by atoms with Crippen molar-refractivity contribution < 1.29 is 49.4 Å². The maximum absolute atomic E-state index is 12.1. The van der Waals surface area contributed by atoms with E-state index in [9.17, 15) is 39.9 Å². The second-order valence-electron chi connectivity index (χ2n) is 2.59. The third-order valence-electron chi connectivity index (χ3n) is 1.56.